The lowest BCUT2D eigenvalue weighted by Crippen LogP contribution is -2.17. The summed E-state index contributed by atoms with van der Waals surface area (Å²) in [4.78, 5) is 2.95. The molecule has 1 aromatic heterocycles. The average molecular weight is 370 g/mol. The molecule has 0 radical (unpaired) electrons. The number of hydrogen-bond acceptors (Lipinski definition) is 3. The maximum absolute atomic E-state index is 12.4. The fourth-order valence-electron chi connectivity index (χ4n) is 2.38. The van der Waals surface area contributed by atoms with Crippen molar-refractivity contribution in [1.82, 2.24) is 4.98 Å². The third-order valence-electron chi connectivity index (χ3n) is 3.38. The van der Waals surface area contributed by atoms with E-state index in [2.05, 4.69) is 14.4 Å². The van der Waals surface area contributed by atoms with Crippen LogP contribution in [0.15, 0.2) is 53.4 Å². The largest absolute Gasteiger partial charge is 0.573 e. The number of aromatic amines is 1. The molecule has 0 saturated heterocycles. The van der Waals surface area contributed by atoms with Crippen LogP contribution in [0.2, 0.25) is 0 Å². The zero-order valence-corrected chi connectivity index (χ0v) is 13.7. The van der Waals surface area contributed by atoms with Gasteiger partial charge in [0.25, 0.3) is 10.0 Å². The summed E-state index contributed by atoms with van der Waals surface area (Å²) in [5.74, 6) is -0.490. The van der Waals surface area contributed by atoms with Crippen molar-refractivity contribution in [1.29, 1.82) is 0 Å². The molecule has 3 aromatic rings. The van der Waals surface area contributed by atoms with Gasteiger partial charge in [0.2, 0.25) is 0 Å². The first-order valence-electron chi connectivity index (χ1n) is 7.10. The van der Waals surface area contributed by atoms with Crippen LogP contribution in [0.1, 0.15) is 5.69 Å². The maximum atomic E-state index is 12.4. The van der Waals surface area contributed by atoms with Gasteiger partial charge in [-0.2, -0.15) is 0 Å². The van der Waals surface area contributed by atoms with Gasteiger partial charge in [-0.05, 0) is 55.5 Å². The second-order valence-corrected chi connectivity index (χ2v) is 7.06. The van der Waals surface area contributed by atoms with Crippen LogP contribution >= 0.6 is 0 Å². The van der Waals surface area contributed by atoms with Crippen molar-refractivity contribution in [3.63, 3.8) is 0 Å². The van der Waals surface area contributed by atoms with E-state index < -0.39 is 22.1 Å². The van der Waals surface area contributed by atoms with Gasteiger partial charge in [0, 0.05) is 22.3 Å². The lowest BCUT2D eigenvalue weighted by Gasteiger charge is -2.11. The summed E-state index contributed by atoms with van der Waals surface area (Å²) in [6.45, 7) is 1.88. The lowest BCUT2D eigenvalue weighted by molar-refractivity contribution is -0.274. The summed E-state index contributed by atoms with van der Waals surface area (Å²) in [6.07, 6.45) is -4.83. The Morgan fingerprint density at radius 3 is 2.36 bits per heavy atom. The van der Waals surface area contributed by atoms with E-state index in [1.54, 1.807) is 18.2 Å². The van der Waals surface area contributed by atoms with Gasteiger partial charge in [-0.15, -0.1) is 13.2 Å². The van der Waals surface area contributed by atoms with Gasteiger partial charge in [0.15, 0.2) is 0 Å². The second kappa shape index (κ2) is 5.99. The normalized spacial score (nSPS) is 12.3. The number of nitrogens with one attached hydrogen (secondary N) is 2. The van der Waals surface area contributed by atoms with E-state index >= 15 is 0 Å². The second-order valence-electron chi connectivity index (χ2n) is 5.38. The highest BCUT2D eigenvalue weighted by atomic mass is 32.2. The van der Waals surface area contributed by atoms with Gasteiger partial charge in [-0.3, -0.25) is 4.72 Å². The van der Waals surface area contributed by atoms with E-state index in [4.69, 9.17) is 0 Å². The summed E-state index contributed by atoms with van der Waals surface area (Å²) >= 11 is 0. The maximum Gasteiger partial charge on any atom is 0.573 e. The standard InChI is InChI=1S/C16H13F3N2O3S/c1-10-8-11-9-12(2-7-15(11)20-10)21-25(22,23)14-5-3-13(4-6-14)24-16(17,18)19/h2-9,20-21H,1H3. The number of hydrogen-bond donors (Lipinski definition) is 2. The van der Waals surface area contributed by atoms with Gasteiger partial charge in [0.05, 0.1) is 4.90 Å². The number of rotatable bonds is 4. The number of sulfonamides is 1. The molecule has 0 aliphatic rings. The molecule has 9 heteroatoms. The molecule has 2 aromatic carbocycles. The minimum absolute atomic E-state index is 0.174. The van der Waals surface area contributed by atoms with Crippen LogP contribution in [0.25, 0.3) is 10.9 Å². The molecular formula is C16H13F3N2O3S. The van der Waals surface area contributed by atoms with Crippen LogP contribution in [0.3, 0.4) is 0 Å². The Hall–Kier alpha value is -2.68. The van der Waals surface area contributed by atoms with E-state index in [0.717, 1.165) is 40.9 Å². The fraction of sp³-hybridized carbons (Fsp3) is 0.125. The molecule has 132 valence electrons. The van der Waals surface area contributed by atoms with Crippen molar-refractivity contribution >= 4 is 26.6 Å². The highest BCUT2D eigenvalue weighted by molar-refractivity contribution is 7.92. The molecule has 0 spiro atoms. The van der Waals surface area contributed by atoms with Gasteiger partial charge >= 0.3 is 6.36 Å². The predicted molar refractivity (Wildman–Crippen MR) is 87.0 cm³/mol. The van der Waals surface area contributed by atoms with Crippen molar-refractivity contribution in [2.24, 2.45) is 0 Å². The van der Waals surface area contributed by atoms with E-state index in [-0.39, 0.29) is 4.90 Å². The smallest absolute Gasteiger partial charge is 0.406 e. The van der Waals surface area contributed by atoms with Crippen molar-refractivity contribution in [3.05, 3.63) is 54.2 Å². The highest BCUT2D eigenvalue weighted by Crippen LogP contribution is 2.26. The Balaban J connectivity index is 1.82. The van der Waals surface area contributed by atoms with Crippen LogP contribution in [0.4, 0.5) is 18.9 Å². The summed E-state index contributed by atoms with van der Waals surface area (Å²) in [5.41, 5.74) is 2.16. The van der Waals surface area contributed by atoms with Crippen molar-refractivity contribution in [2.45, 2.75) is 18.2 Å². The van der Waals surface area contributed by atoms with Gasteiger partial charge < -0.3 is 9.72 Å². The summed E-state index contributed by atoms with van der Waals surface area (Å²) < 4.78 is 67.2. The lowest BCUT2D eigenvalue weighted by atomic mass is 10.2. The number of anilines is 1. The molecular weight excluding hydrogens is 357 g/mol. The third-order valence-corrected chi connectivity index (χ3v) is 4.77. The molecule has 0 saturated carbocycles. The van der Waals surface area contributed by atoms with Crippen molar-refractivity contribution < 1.29 is 26.3 Å². The highest BCUT2D eigenvalue weighted by Gasteiger charge is 2.31. The Kier molecular flexibility index (Phi) is 4.11. The molecule has 0 amide bonds. The number of halogens is 3. The zero-order valence-electron chi connectivity index (χ0n) is 12.9. The number of aryl methyl sites for hydroxylation is 1. The van der Waals surface area contributed by atoms with E-state index in [1.165, 1.54) is 0 Å². The number of aromatic nitrogens is 1. The molecule has 2 N–H and O–H groups in total. The third kappa shape index (κ3) is 4.05. The molecule has 25 heavy (non-hydrogen) atoms. The summed E-state index contributed by atoms with van der Waals surface area (Å²) in [7, 11) is -3.93. The topological polar surface area (TPSA) is 71.2 Å². The Bertz CT molecular complexity index is 1010. The number of H-pyrrole nitrogens is 1. The van der Waals surface area contributed by atoms with E-state index in [0.29, 0.717) is 5.69 Å². The quantitative estimate of drug-likeness (QED) is 0.724. The van der Waals surface area contributed by atoms with Gasteiger partial charge in [-0.25, -0.2) is 8.42 Å². The van der Waals surface area contributed by atoms with Crippen LogP contribution in [0.5, 0.6) is 5.75 Å². The first kappa shape index (κ1) is 17.2. The predicted octanol–water partition coefficient (Wildman–Crippen LogP) is 4.18. The monoisotopic (exact) mass is 370 g/mol. The van der Waals surface area contributed by atoms with Crippen molar-refractivity contribution in [2.75, 3.05) is 4.72 Å². The molecule has 1 heterocycles. The molecule has 0 unspecified atom stereocenters. The van der Waals surface area contributed by atoms with E-state index in [1.807, 2.05) is 13.0 Å². The van der Waals surface area contributed by atoms with Gasteiger partial charge in [0.1, 0.15) is 5.75 Å². The number of fused-ring (bicyclic) bond motifs is 1. The van der Waals surface area contributed by atoms with Crippen LogP contribution in [0, 0.1) is 6.92 Å². The fourth-order valence-corrected chi connectivity index (χ4v) is 3.43. The van der Waals surface area contributed by atoms with E-state index in [9.17, 15) is 21.6 Å². The Labute approximate surface area is 141 Å². The molecule has 0 fully saturated rings. The Morgan fingerprint density at radius 1 is 1.04 bits per heavy atom. The molecule has 0 aliphatic carbocycles. The summed E-state index contributed by atoms with van der Waals surface area (Å²) in [6, 6.07) is 10.8. The van der Waals surface area contributed by atoms with Crippen LogP contribution < -0.4 is 9.46 Å². The molecule has 0 bridgehead atoms. The average Bonchev–Trinajstić information content (AvgIpc) is 2.85. The molecule has 0 atom stereocenters. The Morgan fingerprint density at radius 2 is 1.72 bits per heavy atom. The number of benzene rings is 2. The summed E-state index contributed by atoms with van der Waals surface area (Å²) in [5, 5.41) is 0.839. The molecule has 3 rings (SSSR count). The first-order chi connectivity index (χ1) is 11.6. The minimum Gasteiger partial charge on any atom is -0.406 e. The number of alkyl halides is 3. The zero-order chi connectivity index (χ0) is 18.2. The first-order valence-corrected chi connectivity index (χ1v) is 8.59. The molecule has 0 aliphatic heterocycles. The molecule has 5 nitrogen and oxygen atoms in total. The minimum atomic E-state index is -4.83. The SMILES string of the molecule is Cc1cc2cc(NS(=O)(=O)c3ccc(OC(F)(F)F)cc3)ccc2[nH]1. The van der Waals surface area contributed by atoms with Gasteiger partial charge in [-0.1, -0.05) is 0 Å². The van der Waals surface area contributed by atoms with Crippen LogP contribution in [-0.4, -0.2) is 19.8 Å². The van der Waals surface area contributed by atoms with Crippen LogP contribution in [-0.2, 0) is 10.0 Å². The number of ether oxygens (including phenoxy) is 1. The van der Waals surface area contributed by atoms with Crippen molar-refractivity contribution in [3.8, 4) is 5.75 Å².